The number of hydrogen-bond donors (Lipinski definition) is 1. The number of carbonyl (C=O) groups is 1. The zero-order valence-electron chi connectivity index (χ0n) is 12.8. The van der Waals surface area contributed by atoms with Gasteiger partial charge < -0.3 is 14.4 Å². The van der Waals surface area contributed by atoms with Gasteiger partial charge >= 0.3 is 0 Å². The molecule has 1 saturated carbocycles. The highest BCUT2D eigenvalue weighted by Crippen LogP contribution is 2.44. The maximum absolute atomic E-state index is 12.6. The number of amides is 1. The summed E-state index contributed by atoms with van der Waals surface area (Å²) in [6.45, 7) is 3.68. The number of aryl methyl sites for hydroxylation is 1. The first-order chi connectivity index (χ1) is 10.1. The van der Waals surface area contributed by atoms with Crippen LogP contribution in [-0.2, 0) is 6.42 Å². The molecule has 1 saturated heterocycles. The Labute approximate surface area is 126 Å². The largest absolute Gasteiger partial charge is 0.469 e. The maximum Gasteiger partial charge on any atom is 0.257 e. The average Bonchev–Trinajstić information content (AvgIpc) is 2.99. The minimum atomic E-state index is -0.103. The summed E-state index contributed by atoms with van der Waals surface area (Å²) in [6.07, 6.45) is 8.49. The van der Waals surface area contributed by atoms with Crippen molar-refractivity contribution in [3.05, 3.63) is 23.7 Å². The van der Waals surface area contributed by atoms with Crippen molar-refractivity contribution in [2.45, 2.75) is 58.0 Å². The van der Waals surface area contributed by atoms with Crippen LogP contribution in [-0.4, -0.2) is 35.1 Å². The van der Waals surface area contributed by atoms with E-state index in [4.69, 9.17) is 4.42 Å². The number of aliphatic hydroxyl groups is 1. The van der Waals surface area contributed by atoms with Gasteiger partial charge in [-0.2, -0.15) is 0 Å². The third-order valence-electron chi connectivity index (χ3n) is 5.42. The molecular weight excluding hydrogens is 266 g/mol. The van der Waals surface area contributed by atoms with Gasteiger partial charge in [0.05, 0.1) is 17.9 Å². The zero-order chi connectivity index (χ0) is 14.9. The van der Waals surface area contributed by atoms with E-state index in [2.05, 4.69) is 0 Å². The summed E-state index contributed by atoms with van der Waals surface area (Å²) in [5.41, 5.74) is 1.10. The van der Waals surface area contributed by atoms with E-state index in [9.17, 15) is 9.90 Å². The number of nitrogens with zero attached hydrogens (tertiary/aromatic N) is 1. The Morgan fingerprint density at radius 3 is 2.62 bits per heavy atom. The molecule has 2 heterocycles. The second-order valence-electron chi connectivity index (χ2n) is 6.63. The highest BCUT2D eigenvalue weighted by Gasteiger charge is 2.39. The van der Waals surface area contributed by atoms with E-state index in [0.717, 1.165) is 69.4 Å². The number of rotatable bonds is 2. The first kappa shape index (κ1) is 14.6. The second-order valence-corrected chi connectivity index (χ2v) is 6.63. The fourth-order valence-electron chi connectivity index (χ4n) is 3.87. The lowest BCUT2D eigenvalue weighted by Crippen LogP contribution is -2.45. The van der Waals surface area contributed by atoms with Crippen LogP contribution in [0.2, 0.25) is 0 Å². The molecule has 0 bridgehead atoms. The molecule has 1 spiro atoms. The van der Waals surface area contributed by atoms with E-state index in [-0.39, 0.29) is 12.0 Å². The van der Waals surface area contributed by atoms with Gasteiger partial charge in [0, 0.05) is 19.5 Å². The van der Waals surface area contributed by atoms with E-state index in [1.165, 1.54) is 0 Å². The molecule has 4 heteroatoms. The average molecular weight is 291 g/mol. The molecule has 0 unspecified atom stereocenters. The Morgan fingerprint density at radius 1 is 1.33 bits per heavy atom. The smallest absolute Gasteiger partial charge is 0.257 e. The van der Waals surface area contributed by atoms with Crippen molar-refractivity contribution < 1.29 is 14.3 Å². The van der Waals surface area contributed by atoms with Gasteiger partial charge in [-0.15, -0.1) is 0 Å². The molecule has 2 fully saturated rings. The van der Waals surface area contributed by atoms with Crippen molar-refractivity contribution in [3.8, 4) is 0 Å². The lowest BCUT2D eigenvalue weighted by Gasteiger charge is -2.45. The van der Waals surface area contributed by atoms with E-state index in [0.29, 0.717) is 5.41 Å². The summed E-state index contributed by atoms with van der Waals surface area (Å²) in [7, 11) is 0. The molecule has 1 aliphatic heterocycles. The summed E-state index contributed by atoms with van der Waals surface area (Å²) < 4.78 is 5.37. The van der Waals surface area contributed by atoms with Crippen molar-refractivity contribution in [1.29, 1.82) is 0 Å². The third-order valence-corrected chi connectivity index (χ3v) is 5.42. The Hall–Kier alpha value is -1.29. The number of carbonyl (C=O) groups excluding carboxylic acids is 1. The summed E-state index contributed by atoms with van der Waals surface area (Å²) in [5.74, 6) is 0.910. The maximum atomic E-state index is 12.6. The first-order valence-electron chi connectivity index (χ1n) is 8.17. The van der Waals surface area contributed by atoms with Crippen LogP contribution in [0.5, 0.6) is 0 Å². The monoisotopic (exact) mass is 291 g/mol. The Morgan fingerprint density at radius 2 is 2.00 bits per heavy atom. The van der Waals surface area contributed by atoms with Gasteiger partial charge in [0.15, 0.2) is 0 Å². The number of piperidine rings is 1. The molecule has 1 aromatic heterocycles. The van der Waals surface area contributed by atoms with E-state index >= 15 is 0 Å². The van der Waals surface area contributed by atoms with Crippen molar-refractivity contribution in [2.75, 3.05) is 13.1 Å². The standard InChI is InChI=1S/C17H25NO3/c1-2-15-14(5-12-21-15)16(20)18-10-8-17(9-11-18)6-3-13(19)4-7-17/h5,12-13,19H,2-4,6-11H2,1H3. The van der Waals surface area contributed by atoms with Crippen molar-refractivity contribution in [2.24, 2.45) is 5.41 Å². The summed E-state index contributed by atoms with van der Waals surface area (Å²) in [6, 6.07) is 1.79. The lowest BCUT2D eigenvalue weighted by molar-refractivity contribution is 0.0168. The van der Waals surface area contributed by atoms with Gasteiger partial charge in [-0.3, -0.25) is 4.79 Å². The second kappa shape index (κ2) is 5.84. The zero-order valence-corrected chi connectivity index (χ0v) is 12.8. The summed E-state index contributed by atoms with van der Waals surface area (Å²) in [5, 5.41) is 9.67. The molecule has 21 heavy (non-hydrogen) atoms. The Bertz CT molecular complexity index is 490. The number of furan rings is 1. The first-order valence-corrected chi connectivity index (χ1v) is 8.17. The van der Waals surface area contributed by atoms with E-state index < -0.39 is 0 Å². The molecule has 1 aliphatic carbocycles. The molecule has 3 rings (SSSR count). The molecule has 2 aliphatic rings. The van der Waals surface area contributed by atoms with Crippen LogP contribution in [0.1, 0.15) is 61.6 Å². The van der Waals surface area contributed by atoms with Gasteiger partial charge in [-0.05, 0) is 50.0 Å². The van der Waals surface area contributed by atoms with Gasteiger partial charge in [-0.1, -0.05) is 6.92 Å². The fraction of sp³-hybridized carbons (Fsp3) is 0.706. The van der Waals surface area contributed by atoms with Gasteiger partial charge in [0.2, 0.25) is 0 Å². The fourth-order valence-corrected chi connectivity index (χ4v) is 3.87. The van der Waals surface area contributed by atoms with Crippen LogP contribution in [0, 0.1) is 5.41 Å². The molecule has 0 atom stereocenters. The van der Waals surface area contributed by atoms with Crippen LogP contribution in [0.25, 0.3) is 0 Å². The van der Waals surface area contributed by atoms with E-state index in [1.807, 2.05) is 11.8 Å². The number of hydrogen-bond acceptors (Lipinski definition) is 3. The number of aliphatic hydroxyl groups excluding tert-OH is 1. The highest BCUT2D eigenvalue weighted by molar-refractivity contribution is 5.95. The van der Waals surface area contributed by atoms with Crippen molar-refractivity contribution in [3.63, 3.8) is 0 Å². The molecule has 116 valence electrons. The molecule has 0 aromatic carbocycles. The van der Waals surface area contributed by atoms with Crippen LogP contribution >= 0.6 is 0 Å². The van der Waals surface area contributed by atoms with Gasteiger partial charge in [0.25, 0.3) is 5.91 Å². The lowest BCUT2D eigenvalue weighted by atomic mass is 9.67. The van der Waals surface area contributed by atoms with Gasteiger partial charge in [-0.25, -0.2) is 0 Å². The SMILES string of the molecule is CCc1occc1C(=O)N1CCC2(CCC(O)CC2)CC1. The van der Waals surface area contributed by atoms with Crippen molar-refractivity contribution in [1.82, 2.24) is 4.90 Å². The molecule has 1 N–H and O–H groups in total. The van der Waals surface area contributed by atoms with Crippen molar-refractivity contribution >= 4 is 5.91 Å². The normalized spacial score (nSPS) is 22.7. The Kier molecular flexibility index (Phi) is 4.07. The van der Waals surface area contributed by atoms with Crippen LogP contribution in [0.15, 0.2) is 16.7 Å². The predicted molar refractivity (Wildman–Crippen MR) is 80.1 cm³/mol. The van der Waals surface area contributed by atoms with Crippen LogP contribution in [0.3, 0.4) is 0 Å². The summed E-state index contributed by atoms with van der Waals surface area (Å²) >= 11 is 0. The molecular formula is C17H25NO3. The Balaban J connectivity index is 1.62. The minimum absolute atomic E-state index is 0.103. The molecule has 0 radical (unpaired) electrons. The topological polar surface area (TPSA) is 53.7 Å². The highest BCUT2D eigenvalue weighted by atomic mass is 16.3. The van der Waals surface area contributed by atoms with E-state index in [1.54, 1.807) is 12.3 Å². The van der Waals surface area contributed by atoms with Crippen LogP contribution < -0.4 is 0 Å². The molecule has 1 amide bonds. The summed E-state index contributed by atoms with van der Waals surface area (Å²) in [4.78, 5) is 14.6. The predicted octanol–water partition coefficient (Wildman–Crippen LogP) is 3.00. The number of likely N-dealkylation sites (tertiary alicyclic amines) is 1. The van der Waals surface area contributed by atoms with Gasteiger partial charge in [0.1, 0.15) is 5.76 Å². The quantitative estimate of drug-likeness (QED) is 0.911. The van der Waals surface area contributed by atoms with Crippen LogP contribution in [0.4, 0.5) is 0 Å². The molecule has 4 nitrogen and oxygen atoms in total. The minimum Gasteiger partial charge on any atom is -0.469 e. The molecule has 1 aromatic rings. The third kappa shape index (κ3) is 2.86.